The first-order valence-corrected chi connectivity index (χ1v) is 6.75. The van der Waals surface area contributed by atoms with Gasteiger partial charge in [0.05, 0.1) is 4.92 Å². The maximum atomic E-state index is 11.2. The van der Waals surface area contributed by atoms with Crippen molar-refractivity contribution >= 4 is 7.85 Å². The zero-order chi connectivity index (χ0) is 14.3. The van der Waals surface area contributed by atoms with Crippen LogP contribution in [0.4, 0.5) is 0 Å². The molecule has 0 aromatic rings. The summed E-state index contributed by atoms with van der Waals surface area (Å²) >= 11 is 0. The first kappa shape index (κ1) is 15.5. The van der Waals surface area contributed by atoms with E-state index in [0.29, 0.717) is 12.0 Å². The van der Waals surface area contributed by atoms with E-state index in [0.717, 1.165) is 31.5 Å². The van der Waals surface area contributed by atoms with Gasteiger partial charge in [-0.2, -0.15) is 0 Å². The van der Waals surface area contributed by atoms with Crippen LogP contribution in [0.5, 0.6) is 0 Å². The Morgan fingerprint density at radius 2 is 2.42 bits per heavy atom. The fourth-order valence-corrected chi connectivity index (χ4v) is 2.13. The molecule has 104 valence electrons. The first-order valence-electron chi connectivity index (χ1n) is 6.75. The standard InChI is InChI=1S/C13H22BN3O2/c1-3-10(2)13(12(6-7-14)17(18)19)16-11-5-4-8-15-9-11/h3,6,11,15-16H,1,4-5,7-9,14H2,2H3/b12-6+,13-10+. The van der Waals surface area contributed by atoms with Gasteiger partial charge < -0.3 is 10.6 Å². The number of hydrogen-bond acceptors (Lipinski definition) is 4. The van der Waals surface area contributed by atoms with E-state index in [1.807, 2.05) is 14.8 Å². The third kappa shape index (κ3) is 4.56. The quantitative estimate of drug-likeness (QED) is 0.325. The van der Waals surface area contributed by atoms with Crippen LogP contribution in [0.25, 0.3) is 0 Å². The molecule has 0 saturated carbocycles. The van der Waals surface area contributed by atoms with Crippen molar-refractivity contribution in [2.24, 2.45) is 0 Å². The Kier molecular flexibility index (Phi) is 6.35. The number of hydrogen-bond donors (Lipinski definition) is 2. The van der Waals surface area contributed by atoms with Crippen molar-refractivity contribution in [3.8, 4) is 0 Å². The van der Waals surface area contributed by atoms with Crippen molar-refractivity contribution in [1.29, 1.82) is 0 Å². The SMILES string of the molecule is BC/C=C(\C(NC1CCCNC1)=C(\C)C=C)[N+](=O)[O-]. The highest BCUT2D eigenvalue weighted by Crippen LogP contribution is 2.17. The minimum absolute atomic E-state index is 0.144. The Morgan fingerprint density at radius 3 is 2.89 bits per heavy atom. The molecule has 1 aliphatic heterocycles. The summed E-state index contributed by atoms with van der Waals surface area (Å²) in [4.78, 5) is 10.9. The number of nitrogens with one attached hydrogen (secondary N) is 2. The van der Waals surface area contributed by atoms with E-state index in [4.69, 9.17) is 0 Å². The third-order valence-corrected chi connectivity index (χ3v) is 3.20. The van der Waals surface area contributed by atoms with Crippen molar-refractivity contribution in [2.75, 3.05) is 13.1 Å². The van der Waals surface area contributed by atoms with Crippen molar-refractivity contribution < 1.29 is 4.92 Å². The summed E-state index contributed by atoms with van der Waals surface area (Å²) in [6, 6.07) is 0.235. The lowest BCUT2D eigenvalue weighted by molar-refractivity contribution is -0.421. The molecule has 0 amide bonds. The molecule has 0 bridgehead atoms. The number of piperidine rings is 1. The summed E-state index contributed by atoms with van der Waals surface area (Å²) < 4.78 is 0. The Labute approximate surface area is 115 Å². The smallest absolute Gasteiger partial charge is 0.287 e. The average Bonchev–Trinajstić information content (AvgIpc) is 2.42. The number of nitro groups is 1. The summed E-state index contributed by atoms with van der Waals surface area (Å²) in [6.07, 6.45) is 6.05. The zero-order valence-corrected chi connectivity index (χ0v) is 11.7. The van der Waals surface area contributed by atoms with Crippen LogP contribution < -0.4 is 10.6 Å². The highest BCUT2D eigenvalue weighted by atomic mass is 16.6. The van der Waals surface area contributed by atoms with Gasteiger partial charge in [-0.1, -0.05) is 19.0 Å². The van der Waals surface area contributed by atoms with Gasteiger partial charge in [0.2, 0.25) is 0 Å². The number of allylic oxidation sites excluding steroid dienone is 3. The van der Waals surface area contributed by atoms with Crippen molar-refractivity contribution in [2.45, 2.75) is 32.1 Å². The van der Waals surface area contributed by atoms with E-state index in [2.05, 4.69) is 17.2 Å². The Morgan fingerprint density at radius 1 is 1.68 bits per heavy atom. The molecule has 0 radical (unpaired) electrons. The predicted molar refractivity (Wildman–Crippen MR) is 80.4 cm³/mol. The largest absolute Gasteiger partial charge is 0.375 e. The molecule has 1 unspecified atom stereocenters. The highest BCUT2D eigenvalue weighted by molar-refractivity contribution is 6.09. The van der Waals surface area contributed by atoms with Gasteiger partial charge in [-0.25, -0.2) is 0 Å². The van der Waals surface area contributed by atoms with Crippen molar-refractivity contribution in [1.82, 2.24) is 10.6 Å². The van der Waals surface area contributed by atoms with E-state index in [-0.39, 0.29) is 16.7 Å². The van der Waals surface area contributed by atoms with Gasteiger partial charge in [0, 0.05) is 12.6 Å². The van der Waals surface area contributed by atoms with Crippen molar-refractivity contribution in [3.05, 3.63) is 45.8 Å². The van der Waals surface area contributed by atoms with Crippen LogP contribution in [0.2, 0.25) is 6.32 Å². The molecule has 0 aliphatic carbocycles. The maximum absolute atomic E-state index is 11.2. The minimum Gasteiger partial charge on any atom is -0.375 e. The van der Waals surface area contributed by atoms with Gasteiger partial charge >= 0.3 is 0 Å². The Hall–Kier alpha value is -1.56. The normalized spacial score (nSPS) is 21.5. The average molecular weight is 263 g/mol. The fraction of sp³-hybridized carbons (Fsp3) is 0.538. The van der Waals surface area contributed by atoms with E-state index in [1.165, 1.54) is 0 Å². The van der Waals surface area contributed by atoms with Gasteiger partial charge in [-0.15, -0.1) is 0 Å². The van der Waals surface area contributed by atoms with Crippen LogP contribution in [0.1, 0.15) is 19.8 Å². The fourth-order valence-electron chi connectivity index (χ4n) is 2.13. The molecule has 0 aromatic heterocycles. The lowest BCUT2D eigenvalue weighted by Crippen LogP contribution is -2.43. The lowest BCUT2D eigenvalue weighted by Gasteiger charge is -2.26. The molecule has 19 heavy (non-hydrogen) atoms. The molecule has 1 saturated heterocycles. The van der Waals surface area contributed by atoms with Crippen LogP contribution in [0, 0.1) is 10.1 Å². The van der Waals surface area contributed by atoms with E-state index in [9.17, 15) is 10.1 Å². The van der Waals surface area contributed by atoms with Gasteiger partial charge in [0.25, 0.3) is 5.70 Å². The van der Waals surface area contributed by atoms with E-state index >= 15 is 0 Å². The van der Waals surface area contributed by atoms with Crippen LogP contribution in [0.15, 0.2) is 35.7 Å². The molecule has 0 spiro atoms. The predicted octanol–water partition coefficient (Wildman–Crippen LogP) is 1.00. The zero-order valence-electron chi connectivity index (χ0n) is 11.7. The van der Waals surface area contributed by atoms with Gasteiger partial charge in [-0.05, 0) is 38.0 Å². The van der Waals surface area contributed by atoms with Crippen LogP contribution in [-0.4, -0.2) is 31.9 Å². The minimum atomic E-state index is -0.324. The van der Waals surface area contributed by atoms with Crippen LogP contribution in [0.3, 0.4) is 0 Å². The van der Waals surface area contributed by atoms with Gasteiger partial charge in [-0.3, -0.25) is 10.1 Å². The second-order valence-corrected chi connectivity index (χ2v) is 4.70. The molecular formula is C13H22BN3O2. The molecular weight excluding hydrogens is 241 g/mol. The molecule has 1 rings (SSSR count). The van der Waals surface area contributed by atoms with Gasteiger partial charge in [0.15, 0.2) is 0 Å². The molecule has 5 nitrogen and oxygen atoms in total. The summed E-state index contributed by atoms with van der Waals surface area (Å²) in [5.41, 5.74) is 1.54. The summed E-state index contributed by atoms with van der Waals surface area (Å²) in [6.45, 7) is 7.42. The molecule has 1 heterocycles. The summed E-state index contributed by atoms with van der Waals surface area (Å²) in [5, 5.41) is 17.8. The van der Waals surface area contributed by atoms with E-state index in [1.54, 1.807) is 12.2 Å². The lowest BCUT2D eigenvalue weighted by atomic mass is 10.0. The summed E-state index contributed by atoms with van der Waals surface area (Å²) in [7, 11) is 1.90. The molecule has 1 aliphatic rings. The van der Waals surface area contributed by atoms with E-state index < -0.39 is 0 Å². The maximum Gasteiger partial charge on any atom is 0.287 e. The number of rotatable bonds is 6. The topological polar surface area (TPSA) is 67.2 Å². The van der Waals surface area contributed by atoms with Crippen molar-refractivity contribution in [3.63, 3.8) is 0 Å². The highest BCUT2D eigenvalue weighted by Gasteiger charge is 2.22. The molecule has 6 heteroatoms. The number of nitrogens with zero attached hydrogens (tertiary/aromatic N) is 1. The molecule has 0 aromatic carbocycles. The summed E-state index contributed by atoms with van der Waals surface area (Å²) in [5.74, 6) is 0. The molecule has 1 atom stereocenters. The second kappa shape index (κ2) is 7.79. The van der Waals surface area contributed by atoms with Gasteiger partial charge in [0.1, 0.15) is 13.5 Å². The van der Waals surface area contributed by atoms with Crippen LogP contribution in [-0.2, 0) is 0 Å². The first-order chi connectivity index (χ1) is 9.10. The third-order valence-electron chi connectivity index (χ3n) is 3.20. The second-order valence-electron chi connectivity index (χ2n) is 4.70. The Balaban J connectivity index is 2.97. The van der Waals surface area contributed by atoms with Crippen LogP contribution >= 0.6 is 0 Å². The Bertz CT molecular complexity index is 399. The monoisotopic (exact) mass is 263 g/mol. The molecule has 1 fully saturated rings. The molecule has 2 N–H and O–H groups in total.